The van der Waals surface area contributed by atoms with Gasteiger partial charge in [0.15, 0.2) is 0 Å². The maximum Gasteiger partial charge on any atom is 0.222 e. The number of methoxy groups -OCH3 is 1. The average molecular weight is 241 g/mol. The van der Waals surface area contributed by atoms with Crippen molar-refractivity contribution >= 4 is 5.91 Å². The van der Waals surface area contributed by atoms with Gasteiger partial charge in [-0.25, -0.2) is 0 Å². The predicted octanol–water partition coefficient (Wildman–Crippen LogP) is -0.439. The van der Waals surface area contributed by atoms with Gasteiger partial charge in [0, 0.05) is 26.2 Å². The fourth-order valence-corrected chi connectivity index (χ4v) is 2.86. The van der Waals surface area contributed by atoms with Gasteiger partial charge in [-0.1, -0.05) is 0 Å². The summed E-state index contributed by atoms with van der Waals surface area (Å²) < 4.78 is 5.12. The van der Waals surface area contributed by atoms with Gasteiger partial charge in [-0.15, -0.1) is 0 Å². The summed E-state index contributed by atoms with van der Waals surface area (Å²) in [6, 6.07) is 0.334. The Bertz CT molecular complexity index is 260. The third-order valence-electron chi connectivity index (χ3n) is 4.01. The van der Waals surface area contributed by atoms with Gasteiger partial charge in [0.2, 0.25) is 5.91 Å². The first-order chi connectivity index (χ1) is 8.22. The Morgan fingerprint density at radius 1 is 1.53 bits per heavy atom. The Hall–Kier alpha value is -0.650. The minimum Gasteiger partial charge on any atom is -0.380 e. The number of hydrogen-bond donors (Lipinski definition) is 2. The van der Waals surface area contributed by atoms with E-state index in [1.165, 1.54) is 25.9 Å². The van der Waals surface area contributed by atoms with Gasteiger partial charge in [0.1, 0.15) is 0 Å². The maximum absolute atomic E-state index is 11.9. The molecule has 0 spiro atoms. The molecule has 2 unspecified atom stereocenters. The van der Waals surface area contributed by atoms with E-state index in [1.807, 2.05) is 0 Å². The number of carbonyl (C=O) groups excluding carboxylic acids is 1. The smallest absolute Gasteiger partial charge is 0.222 e. The molecule has 17 heavy (non-hydrogen) atoms. The molecule has 3 aliphatic heterocycles. The molecule has 3 heterocycles. The van der Waals surface area contributed by atoms with E-state index in [9.17, 15) is 4.79 Å². The zero-order valence-electron chi connectivity index (χ0n) is 10.5. The third-order valence-corrected chi connectivity index (χ3v) is 4.01. The zero-order chi connectivity index (χ0) is 12.3. The van der Waals surface area contributed by atoms with E-state index in [2.05, 4.69) is 10.2 Å². The summed E-state index contributed by atoms with van der Waals surface area (Å²) in [4.78, 5) is 14.3. The summed E-state index contributed by atoms with van der Waals surface area (Å²) in [5.41, 5.74) is 5.51. The molecule has 3 rings (SSSR count). The third kappa shape index (κ3) is 3.18. The van der Waals surface area contributed by atoms with Crippen LogP contribution in [0, 0.1) is 5.92 Å². The predicted molar refractivity (Wildman–Crippen MR) is 65.6 cm³/mol. The highest BCUT2D eigenvalue weighted by atomic mass is 16.5. The number of piperidine rings is 3. The van der Waals surface area contributed by atoms with Crippen LogP contribution >= 0.6 is 0 Å². The number of hydrogen-bond acceptors (Lipinski definition) is 4. The molecule has 2 bridgehead atoms. The highest BCUT2D eigenvalue weighted by Gasteiger charge is 2.34. The minimum atomic E-state index is -0.156. The lowest BCUT2D eigenvalue weighted by molar-refractivity contribution is -0.125. The Balaban J connectivity index is 1.78. The highest BCUT2D eigenvalue weighted by molar-refractivity contribution is 5.76. The lowest BCUT2D eigenvalue weighted by Gasteiger charge is -2.45. The van der Waals surface area contributed by atoms with Crippen molar-refractivity contribution in [3.63, 3.8) is 0 Å². The summed E-state index contributed by atoms with van der Waals surface area (Å²) in [6.45, 7) is 3.79. The van der Waals surface area contributed by atoms with Gasteiger partial charge in [-0.3, -0.25) is 4.79 Å². The van der Waals surface area contributed by atoms with Crippen molar-refractivity contribution in [1.82, 2.24) is 10.2 Å². The van der Waals surface area contributed by atoms with Crippen molar-refractivity contribution in [2.24, 2.45) is 11.7 Å². The largest absolute Gasteiger partial charge is 0.380 e. The van der Waals surface area contributed by atoms with E-state index in [0.29, 0.717) is 24.9 Å². The summed E-state index contributed by atoms with van der Waals surface area (Å²) in [5.74, 6) is 0.740. The summed E-state index contributed by atoms with van der Waals surface area (Å²) in [5, 5.41) is 3.13. The second-order valence-corrected chi connectivity index (χ2v) is 5.11. The van der Waals surface area contributed by atoms with Gasteiger partial charge >= 0.3 is 0 Å². The van der Waals surface area contributed by atoms with E-state index in [4.69, 9.17) is 10.5 Å². The first-order valence-corrected chi connectivity index (χ1v) is 6.47. The fraction of sp³-hybridized carbons (Fsp3) is 0.917. The number of rotatable bonds is 5. The minimum absolute atomic E-state index is 0.0704. The van der Waals surface area contributed by atoms with Crippen LogP contribution in [0.25, 0.3) is 0 Å². The number of amides is 1. The summed E-state index contributed by atoms with van der Waals surface area (Å²) in [7, 11) is 1.60. The van der Waals surface area contributed by atoms with Gasteiger partial charge in [0.05, 0.1) is 12.5 Å². The van der Waals surface area contributed by atoms with Crippen LogP contribution in [0.15, 0.2) is 0 Å². The molecule has 3 saturated heterocycles. The number of carbonyl (C=O) groups is 1. The zero-order valence-corrected chi connectivity index (χ0v) is 10.5. The number of ether oxygens (including phenoxy) is 1. The van der Waals surface area contributed by atoms with Crippen LogP contribution < -0.4 is 11.1 Å². The van der Waals surface area contributed by atoms with E-state index in [-0.39, 0.29) is 12.0 Å². The standard InChI is InChI=1S/C12H23N3O2/c1-17-10(7-13)6-12(16)14-11-8-15-4-2-9(11)3-5-15/h9-11H,2-8,13H2,1H3,(H,14,16). The molecule has 2 atom stereocenters. The molecule has 0 aromatic heterocycles. The molecule has 5 nitrogen and oxygen atoms in total. The van der Waals surface area contributed by atoms with Crippen LogP contribution in [-0.2, 0) is 9.53 Å². The molecule has 3 N–H and O–H groups in total. The molecular formula is C12H23N3O2. The Labute approximate surface area is 103 Å². The van der Waals surface area contributed by atoms with Crippen molar-refractivity contribution < 1.29 is 9.53 Å². The van der Waals surface area contributed by atoms with Crippen LogP contribution in [0.1, 0.15) is 19.3 Å². The molecule has 1 amide bonds. The quantitative estimate of drug-likeness (QED) is 0.685. The van der Waals surface area contributed by atoms with Crippen LogP contribution in [0.5, 0.6) is 0 Å². The van der Waals surface area contributed by atoms with E-state index in [1.54, 1.807) is 7.11 Å². The second kappa shape index (κ2) is 5.80. The second-order valence-electron chi connectivity index (χ2n) is 5.11. The van der Waals surface area contributed by atoms with E-state index in [0.717, 1.165) is 6.54 Å². The van der Waals surface area contributed by atoms with Gasteiger partial charge in [-0.2, -0.15) is 0 Å². The molecule has 98 valence electrons. The summed E-state index contributed by atoms with van der Waals surface area (Å²) in [6.07, 6.45) is 2.65. The SMILES string of the molecule is COC(CN)CC(=O)NC1CN2CCC1CC2. The summed E-state index contributed by atoms with van der Waals surface area (Å²) >= 11 is 0. The van der Waals surface area contributed by atoms with Gasteiger partial charge in [-0.05, 0) is 31.8 Å². The Kier molecular flexibility index (Phi) is 4.36. The number of nitrogens with two attached hydrogens (primary N) is 1. The number of nitrogens with zero attached hydrogens (tertiary/aromatic N) is 1. The van der Waals surface area contributed by atoms with Gasteiger partial charge < -0.3 is 20.7 Å². The lowest BCUT2D eigenvalue weighted by Crippen LogP contribution is -2.57. The Morgan fingerprint density at radius 2 is 2.24 bits per heavy atom. The van der Waals surface area contributed by atoms with Crippen molar-refractivity contribution in [1.29, 1.82) is 0 Å². The van der Waals surface area contributed by atoms with Crippen LogP contribution in [0.4, 0.5) is 0 Å². The number of fused-ring (bicyclic) bond motifs is 3. The molecule has 3 aliphatic rings. The van der Waals surface area contributed by atoms with Crippen molar-refractivity contribution in [3.05, 3.63) is 0 Å². The molecule has 0 radical (unpaired) electrons. The monoisotopic (exact) mass is 241 g/mol. The van der Waals surface area contributed by atoms with Crippen molar-refractivity contribution in [2.75, 3.05) is 33.3 Å². The van der Waals surface area contributed by atoms with Gasteiger partial charge in [0.25, 0.3) is 0 Å². The van der Waals surface area contributed by atoms with E-state index >= 15 is 0 Å². The molecule has 3 fully saturated rings. The maximum atomic E-state index is 11.9. The average Bonchev–Trinajstić information content (AvgIpc) is 2.37. The van der Waals surface area contributed by atoms with Crippen molar-refractivity contribution in [3.8, 4) is 0 Å². The van der Waals surface area contributed by atoms with Crippen LogP contribution in [0.2, 0.25) is 0 Å². The van der Waals surface area contributed by atoms with Crippen LogP contribution in [0.3, 0.4) is 0 Å². The highest BCUT2D eigenvalue weighted by Crippen LogP contribution is 2.27. The van der Waals surface area contributed by atoms with E-state index < -0.39 is 0 Å². The fourth-order valence-electron chi connectivity index (χ4n) is 2.86. The number of nitrogens with one attached hydrogen (secondary N) is 1. The molecule has 5 heteroatoms. The first-order valence-electron chi connectivity index (χ1n) is 6.47. The molecule has 0 saturated carbocycles. The normalized spacial score (nSPS) is 33.4. The topological polar surface area (TPSA) is 67.6 Å². The molecule has 0 aromatic rings. The van der Waals surface area contributed by atoms with Crippen LogP contribution in [-0.4, -0.2) is 56.2 Å². The molecule has 0 aromatic carbocycles. The van der Waals surface area contributed by atoms with Crippen molar-refractivity contribution in [2.45, 2.75) is 31.4 Å². The lowest BCUT2D eigenvalue weighted by atomic mass is 9.84. The molecule has 0 aliphatic carbocycles. The Morgan fingerprint density at radius 3 is 2.71 bits per heavy atom. The first kappa shape index (κ1) is 12.8. The molecular weight excluding hydrogens is 218 g/mol.